The van der Waals surface area contributed by atoms with Crippen LogP contribution in [-0.4, -0.2) is 43.0 Å². The average Bonchev–Trinajstić information content (AvgIpc) is 3.52. The van der Waals surface area contributed by atoms with Crippen LogP contribution in [0.2, 0.25) is 0 Å². The van der Waals surface area contributed by atoms with E-state index in [1.165, 1.54) is 5.69 Å². The van der Waals surface area contributed by atoms with Crippen molar-refractivity contribution in [1.29, 1.82) is 0 Å². The molecule has 33 heavy (non-hydrogen) atoms. The zero-order valence-corrected chi connectivity index (χ0v) is 19.7. The normalized spacial score (nSPS) is 19.0. The number of ether oxygens (including phenoxy) is 1. The van der Waals surface area contributed by atoms with Crippen molar-refractivity contribution in [1.82, 2.24) is 23.8 Å². The van der Waals surface area contributed by atoms with Crippen LogP contribution in [0.25, 0.3) is 17.2 Å². The van der Waals surface area contributed by atoms with E-state index in [1.807, 2.05) is 53.7 Å². The summed E-state index contributed by atoms with van der Waals surface area (Å²) in [5.41, 5.74) is 4.14. The monoisotopic (exact) mass is 445 g/mol. The Bertz CT molecular complexity index is 1240. The molecule has 0 radical (unpaired) electrons. The summed E-state index contributed by atoms with van der Waals surface area (Å²) in [6, 6.07) is 11.8. The molecular weight excluding hydrogens is 414 g/mol. The second-order valence-corrected chi connectivity index (χ2v) is 9.92. The minimum absolute atomic E-state index is 0.104. The van der Waals surface area contributed by atoms with Gasteiger partial charge in [0, 0.05) is 42.6 Å². The van der Waals surface area contributed by atoms with Gasteiger partial charge >= 0.3 is 6.09 Å². The quantitative estimate of drug-likeness (QED) is 0.436. The van der Waals surface area contributed by atoms with Gasteiger partial charge in [-0.1, -0.05) is 43.7 Å². The smallest absolute Gasteiger partial charge is 0.410 e. The van der Waals surface area contributed by atoms with Crippen LogP contribution in [0, 0.1) is 5.92 Å². The number of hydrogen-bond acceptors (Lipinski definition) is 4. The molecule has 0 N–H and O–H groups in total. The van der Waals surface area contributed by atoms with Crippen molar-refractivity contribution in [2.45, 2.75) is 52.2 Å². The van der Waals surface area contributed by atoms with E-state index >= 15 is 0 Å². The first kappa shape index (κ1) is 21.5. The highest BCUT2D eigenvalue weighted by Gasteiger charge is 2.39. The standard InChI is InChI=1S/C26H31N5O2/c1-5-19-14-29(25(32)33-17-18-9-7-6-8-10-18)15-20(19)22-16-30(26(2,3)4)23-13-28-24-21(31(22)23)11-12-27-24/h6-13,16,19-20H,5,14-15,17H2,1-4H3/t19-,20+/m1/s1. The van der Waals surface area contributed by atoms with Crippen molar-refractivity contribution in [2.24, 2.45) is 5.92 Å². The third kappa shape index (κ3) is 3.86. The van der Waals surface area contributed by atoms with E-state index in [2.05, 4.69) is 52.8 Å². The number of aromatic nitrogens is 4. The van der Waals surface area contributed by atoms with Crippen LogP contribution in [-0.2, 0) is 16.9 Å². The van der Waals surface area contributed by atoms with Crippen molar-refractivity contribution >= 4 is 11.7 Å². The summed E-state index contributed by atoms with van der Waals surface area (Å²) in [6.07, 6.45) is 6.71. The number of rotatable bonds is 4. The van der Waals surface area contributed by atoms with Gasteiger partial charge in [-0.05, 0) is 38.3 Å². The van der Waals surface area contributed by atoms with Crippen LogP contribution in [0.4, 0.5) is 4.79 Å². The molecule has 4 heterocycles. The third-order valence-corrected chi connectivity index (χ3v) is 6.73. The predicted molar refractivity (Wildman–Crippen MR) is 127 cm³/mol. The molecule has 0 bridgehead atoms. The molecule has 1 amide bonds. The van der Waals surface area contributed by atoms with Crippen LogP contribution in [0.5, 0.6) is 0 Å². The van der Waals surface area contributed by atoms with Crippen molar-refractivity contribution in [3.8, 4) is 11.5 Å². The maximum absolute atomic E-state index is 12.9. The maximum Gasteiger partial charge on any atom is 0.410 e. The lowest BCUT2D eigenvalue weighted by Gasteiger charge is -2.22. The fraction of sp³-hybridized carbons (Fsp3) is 0.423. The Morgan fingerprint density at radius 2 is 1.91 bits per heavy atom. The molecule has 1 aromatic heterocycles. The average molecular weight is 446 g/mol. The highest BCUT2D eigenvalue weighted by Crippen LogP contribution is 2.38. The topological polar surface area (TPSA) is 64.7 Å². The van der Waals surface area contributed by atoms with Gasteiger partial charge < -0.3 is 14.2 Å². The molecule has 7 nitrogen and oxygen atoms in total. The van der Waals surface area contributed by atoms with Gasteiger partial charge in [0.1, 0.15) is 12.3 Å². The van der Waals surface area contributed by atoms with E-state index in [0.29, 0.717) is 25.6 Å². The molecule has 7 heteroatoms. The molecule has 172 valence electrons. The van der Waals surface area contributed by atoms with Crippen LogP contribution in [0.1, 0.15) is 51.3 Å². The number of benzene rings is 1. The van der Waals surface area contributed by atoms with Crippen molar-refractivity contribution in [2.75, 3.05) is 13.1 Å². The molecule has 0 saturated carbocycles. The number of carbonyl (C=O) groups is 1. The Balaban J connectivity index is 1.47. The van der Waals surface area contributed by atoms with Gasteiger partial charge in [-0.3, -0.25) is 4.40 Å². The summed E-state index contributed by atoms with van der Waals surface area (Å²) in [6.45, 7) is 10.4. The second-order valence-electron chi connectivity index (χ2n) is 9.92. The maximum atomic E-state index is 12.9. The summed E-state index contributed by atoms with van der Waals surface area (Å²) in [5, 5.41) is 0. The summed E-state index contributed by atoms with van der Waals surface area (Å²) in [4.78, 5) is 23.8. The zero-order valence-electron chi connectivity index (χ0n) is 19.7. The molecule has 2 atom stereocenters. The Morgan fingerprint density at radius 3 is 2.64 bits per heavy atom. The van der Waals surface area contributed by atoms with E-state index in [0.717, 1.165) is 29.1 Å². The van der Waals surface area contributed by atoms with Gasteiger partial charge in [0.25, 0.3) is 0 Å². The molecule has 2 aromatic rings. The largest absolute Gasteiger partial charge is 0.445 e. The number of fused-ring (bicyclic) bond motifs is 3. The van der Waals surface area contributed by atoms with E-state index in [9.17, 15) is 4.79 Å². The first-order valence-electron chi connectivity index (χ1n) is 11.7. The Hall–Kier alpha value is -3.35. The summed E-state index contributed by atoms with van der Waals surface area (Å²) >= 11 is 0. The fourth-order valence-corrected chi connectivity index (χ4v) is 4.97. The van der Waals surface area contributed by atoms with Crippen molar-refractivity contribution in [3.63, 3.8) is 0 Å². The molecule has 1 saturated heterocycles. The lowest BCUT2D eigenvalue weighted by molar-refractivity contribution is 0.103. The highest BCUT2D eigenvalue weighted by molar-refractivity contribution is 5.68. The Labute approximate surface area is 194 Å². The van der Waals surface area contributed by atoms with Gasteiger partial charge in [-0.15, -0.1) is 0 Å². The third-order valence-electron chi connectivity index (χ3n) is 6.73. The Kier molecular flexibility index (Phi) is 5.35. The molecule has 0 unspecified atom stereocenters. The number of imidazole rings is 1. The summed E-state index contributed by atoms with van der Waals surface area (Å²) in [5.74, 6) is 1.30. The predicted octanol–water partition coefficient (Wildman–Crippen LogP) is 5.15. The van der Waals surface area contributed by atoms with Crippen LogP contribution in [0.3, 0.4) is 0 Å². The van der Waals surface area contributed by atoms with Gasteiger partial charge in [0.15, 0.2) is 5.82 Å². The van der Waals surface area contributed by atoms with Crippen molar-refractivity contribution in [3.05, 3.63) is 66.2 Å². The lowest BCUT2D eigenvalue weighted by Crippen LogP contribution is -2.29. The minimum Gasteiger partial charge on any atom is -0.445 e. The zero-order chi connectivity index (χ0) is 23.2. The molecule has 3 aliphatic heterocycles. The number of nitrogens with zero attached hydrogens (tertiary/aromatic N) is 5. The second kappa shape index (κ2) is 8.21. The van der Waals surface area contributed by atoms with Crippen LogP contribution < -0.4 is 0 Å². The number of hydrogen-bond donors (Lipinski definition) is 0. The minimum atomic E-state index is -0.244. The molecular formula is C26H31N5O2. The number of amides is 1. The highest BCUT2D eigenvalue weighted by atomic mass is 16.6. The molecule has 3 aliphatic rings. The van der Waals surface area contributed by atoms with Gasteiger partial charge in [-0.2, -0.15) is 0 Å². The molecule has 1 fully saturated rings. The van der Waals surface area contributed by atoms with Gasteiger partial charge in [-0.25, -0.2) is 14.8 Å². The number of likely N-dealkylation sites (tertiary alicyclic amines) is 1. The van der Waals surface area contributed by atoms with Crippen molar-refractivity contribution < 1.29 is 9.53 Å². The van der Waals surface area contributed by atoms with E-state index in [4.69, 9.17) is 4.74 Å². The van der Waals surface area contributed by atoms with Gasteiger partial charge in [0.2, 0.25) is 0 Å². The SMILES string of the molecule is CC[C@@H]1CN(C(=O)OCc2ccccc2)C[C@@H]1c1cn(C(C)(C)C)c2cnc3nccc-3n12. The molecule has 0 spiro atoms. The van der Waals surface area contributed by atoms with E-state index < -0.39 is 0 Å². The summed E-state index contributed by atoms with van der Waals surface area (Å²) < 4.78 is 10.2. The Morgan fingerprint density at radius 1 is 1.12 bits per heavy atom. The fourth-order valence-electron chi connectivity index (χ4n) is 4.97. The summed E-state index contributed by atoms with van der Waals surface area (Å²) in [7, 11) is 0. The number of carbonyl (C=O) groups excluding carboxylic acids is 1. The molecule has 5 rings (SSSR count). The van der Waals surface area contributed by atoms with E-state index in [1.54, 1.807) is 0 Å². The molecule has 1 aromatic carbocycles. The lowest BCUT2D eigenvalue weighted by atomic mass is 9.91. The molecule has 0 aliphatic carbocycles. The van der Waals surface area contributed by atoms with Gasteiger partial charge in [0.05, 0.1) is 11.9 Å². The van der Waals surface area contributed by atoms with E-state index in [-0.39, 0.29) is 17.6 Å². The van der Waals surface area contributed by atoms with Crippen LogP contribution >= 0.6 is 0 Å². The van der Waals surface area contributed by atoms with Crippen LogP contribution in [0.15, 0.2) is 55.0 Å². The first-order valence-corrected chi connectivity index (χ1v) is 11.7. The first-order chi connectivity index (χ1) is 15.9.